The Balaban J connectivity index is 2.16. The highest BCUT2D eigenvalue weighted by atomic mass is 32.2. The topological polar surface area (TPSA) is 66.4 Å². The molecular weight excluding hydrogens is 293 g/mol. The van der Waals surface area contributed by atoms with Crippen LogP contribution in [0.25, 0.3) is 0 Å². The van der Waals surface area contributed by atoms with Gasteiger partial charge in [-0.15, -0.1) is 0 Å². The zero-order valence-electron chi connectivity index (χ0n) is 11.5. The summed E-state index contributed by atoms with van der Waals surface area (Å²) in [6, 6.07) is 12.3. The van der Waals surface area contributed by atoms with E-state index in [1.807, 2.05) is 0 Å². The third kappa shape index (κ3) is 3.80. The van der Waals surface area contributed by atoms with Crippen molar-refractivity contribution in [3.63, 3.8) is 0 Å². The fourth-order valence-corrected chi connectivity index (χ4v) is 2.86. The molecule has 112 valence electrons. The van der Waals surface area contributed by atoms with Gasteiger partial charge in [0.05, 0.1) is 16.7 Å². The van der Waals surface area contributed by atoms with Crippen LogP contribution in [0.5, 0.6) is 0 Å². The van der Waals surface area contributed by atoms with E-state index in [0.717, 1.165) is 6.26 Å². The van der Waals surface area contributed by atoms with Crippen LogP contribution >= 0.6 is 0 Å². The Morgan fingerprint density at radius 2 is 1.76 bits per heavy atom. The van der Waals surface area contributed by atoms with Crippen LogP contribution in [0.4, 0.5) is 10.1 Å². The Kier molecular flexibility index (Phi) is 4.59. The van der Waals surface area contributed by atoms with Crippen molar-refractivity contribution in [2.75, 3.05) is 18.1 Å². The van der Waals surface area contributed by atoms with E-state index in [0.29, 0.717) is 5.69 Å². The molecule has 2 aromatic rings. The molecule has 0 amide bonds. The molecule has 0 aromatic heterocycles. The van der Waals surface area contributed by atoms with Gasteiger partial charge in [-0.3, -0.25) is 0 Å². The minimum Gasteiger partial charge on any atom is -0.386 e. The van der Waals surface area contributed by atoms with Gasteiger partial charge in [0.15, 0.2) is 9.84 Å². The first kappa shape index (κ1) is 15.5. The van der Waals surface area contributed by atoms with Gasteiger partial charge >= 0.3 is 0 Å². The molecule has 0 aliphatic carbocycles. The van der Waals surface area contributed by atoms with Gasteiger partial charge in [0.25, 0.3) is 0 Å². The average molecular weight is 309 g/mol. The van der Waals surface area contributed by atoms with Gasteiger partial charge < -0.3 is 10.4 Å². The Morgan fingerprint density at radius 1 is 1.14 bits per heavy atom. The van der Waals surface area contributed by atoms with Crippen molar-refractivity contribution in [3.05, 3.63) is 59.9 Å². The number of aliphatic hydroxyl groups excluding tert-OH is 1. The molecule has 0 bridgehead atoms. The van der Waals surface area contributed by atoms with Crippen molar-refractivity contribution >= 4 is 15.5 Å². The molecule has 6 heteroatoms. The van der Waals surface area contributed by atoms with Gasteiger partial charge in [0, 0.05) is 18.4 Å². The highest BCUT2D eigenvalue weighted by Crippen LogP contribution is 2.22. The molecule has 0 aliphatic rings. The summed E-state index contributed by atoms with van der Waals surface area (Å²) >= 11 is 0. The second-order valence-corrected chi connectivity index (χ2v) is 6.67. The third-order valence-electron chi connectivity index (χ3n) is 3.04. The van der Waals surface area contributed by atoms with E-state index in [4.69, 9.17) is 0 Å². The van der Waals surface area contributed by atoms with E-state index in [2.05, 4.69) is 5.32 Å². The van der Waals surface area contributed by atoms with Crippen LogP contribution in [0.2, 0.25) is 0 Å². The summed E-state index contributed by atoms with van der Waals surface area (Å²) in [7, 11) is -3.37. The van der Waals surface area contributed by atoms with Crippen molar-refractivity contribution in [1.29, 1.82) is 0 Å². The van der Waals surface area contributed by atoms with Crippen molar-refractivity contribution in [1.82, 2.24) is 0 Å². The van der Waals surface area contributed by atoms with E-state index in [-0.39, 0.29) is 17.0 Å². The number of benzene rings is 2. The number of aliphatic hydroxyl groups is 1. The highest BCUT2D eigenvalue weighted by molar-refractivity contribution is 7.90. The maximum atomic E-state index is 13.6. The lowest BCUT2D eigenvalue weighted by atomic mass is 10.1. The van der Waals surface area contributed by atoms with Crippen LogP contribution in [0.15, 0.2) is 53.4 Å². The quantitative estimate of drug-likeness (QED) is 0.890. The predicted octanol–water partition coefficient (Wildman–Crippen LogP) is 2.37. The van der Waals surface area contributed by atoms with Gasteiger partial charge in [-0.2, -0.15) is 0 Å². The highest BCUT2D eigenvalue weighted by Gasteiger charge is 2.15. The van der Waals surface area contributed by atoms with Crippen LogP contribution in [-0.4, -0.2) is 26.3 Å². The van der Waals surface area contributed by atoms with Gasteiger partial charge in [0.1, 0.15) is 5.82 Å². The molecule has 1 atom stereocenters. The SMILES string of the molecule is CS(=O)(=O)c1ccccc1NC[C@@H](O)c1ccccc1F. The summed E-state index contributed by atoms with van der Waals surface area (Å²) in [5, 5.41) is 12.9. The summed E-state index contributed by atoms with van der Waals surface area (Å²) in [5.74, 6) is -0.497. The van der Waals surface area contributed by atoms with Crippen molar-refractivity contribution in [2.24, 2.45) is 0 Å². The predicted molar refractivity (Wildman–Crippen MR) is 79.4 cm³/mol. The standard InChI is InChI=1S/C15H16FNO3S/c1-21(19,20)15-9-5-4-8-13(15)17-10-14(18)11-6-2-3-7-12(11)16/h2-9,14,17-18H,10H2,1H3/t14-/m1/s1. The van der Waals surface area contributed by atoms with E-state index < -0.39 is 21.8 Å². The average Bonchev–Trinajstić information content (AvgIpc) is 2.44. The molecule has 2 rings (SSSR count). The van der Waals surface area contributed by atoms with Gasteiger partial charge in [-0.1, -0.05) is 30.3 Å². The van der Waals surface area contributed by atoms with Crippen LogP contribution < -0.4 is 5.32 Å². The molecule has 0 aliphatic heterocycles. The number of rotatable bonds is 5. The van der Waals surface area contributed by atoms with Crippen molar-refractivity contribution in [2.45, 2.75) is 11.0 Å². The van der Waals surface area contributed by atoms with Gasteiger partial charge in [-0.25, -0.2) is 12.8 Å². The zero-order chi connectivity index (χ0) is 15.5. The molecule has 0 saturated heterocycles. The first-order valence-corrected chi connectivity index (χ1v) is 8.24. The number of hydrogen-bond acceptors (Lipinski definition) is 4. The van der Waals surface area contributed by atoms with Crippen molar-refractivity contribution < 1.29 is 17.9 Å². The lowest BCUT2D eigenvalue weighted by molar-refractivity contribution is 0.186. The first-order chi connectivity index (χ1) is 9.89. The number of nitrogens with one attached hydrogen (secondary N) is 1. The lowest BCUT2D eigenvalue weighted by Gasteiger charge is -2.15. The number of para-hydroxylation sites is 1. The minimum atomic E-state index is -3.37. The molecule has 4 nitrogen and oxygen atoms in total. The Labute approximate surface area is 123 Å². The fraction of sp³-hybridized carbons (Fsp3) is 0.200. The molecular formula is C15H16FNO3S. The first-order valence-electron chi connectivity index (χ1n) is 6.35. The smallest absolute Gasteiger partial charge is 0.177 e. The van der Waals surface area contributed by atoms with E-state index in [9.17, 15) is 17.9 Å². The van der Waals surface area contributed by atoms with Crippen LogP contribution in [-0.2, 0) is 9.84 Å². The fourth-order valence-electron chi connectivity index (χ4n) is 2.00. The molecule has 2 aromatic carbocycles. The second kappa shape index (κ2) is 6.24. The van der Waals surface area contributed by atoms with E-state index in [1.54, 1.807) is 24.3 Å². The maximum absolute atomic E-state index is 13.6. The number of anilines is 1. The number of halogens is 1. The summed E-state index contributed by atoms with van der Waals surface area (Å²) in [6.07, 6.45) is 0.0414. The Morgan fingerprint density at radius 3 is 2.43 bits per heavy atom. The molecule has 0 heterocycles. The molecule has 2 N–H and O–H groups in total. The van der Waals surface area contributed by atoms with Crippen LogP contribution in [0.1, 0.15) is 11.7 Å². The third-order valence-corrected chi connectivity index (χ3v) is 4.19. The largest absolute Gasteiger partial charge is 0.386 e. The molecule has 21 heavy (non-hydrogen) atoms. The number of hydrogen-bond donors (Lipinski definition) is 2. The van der Waals surface area contributed by atoms with E-state index in [1.165, 1.54) is 24.3 Å². The monoisotopic (exact) mass is 309 g/mol. The second-order valence-electron chi connectivity index (χ2n) is 4.69. The Hall–Kier alpha value is -1.92. The van der Waals surface area contributed by atoms with Crippen LogP contribution in [0, 0.1) is 5.82 Å². The summed E-state index contributed by atoms with van der Waals surface area (Å²) in [4.78, 5) is 0.144. The summed E-state index contributed by atoms with van der Waals surface area (Å²) in [6.45, 7) is 0.00741. The maximum Gasteiger partial charge on any atom is 0.177 e. The number of sulfone groups is 1. The molecule has 0 spiro atoms. The normalized spacial score (nSPS) is 12.9. The van der Waals surface area contributed by atoms with Crippen LogP contribution in [0.3, 0.4) is 0 Å². The molecule has 0 unspecified atom stereocenters. The van der Waals surface area contributed by atoms with Gasteiger partial charge in [0.2, 0.25) is 0 Å². The molecule has 0 radical (unpaired) electrons. The molecule has 0 saturated carbocycles. The van der Waals surface area contributed by atoms with E-state index >= 15 is 0 Å². The lowest BCUT2D eigenvalue weighted by Crippen LogP contribution is -2.15. The summed E-state index contributed by atoms with van der Waals surface area (Å²) in [5.41, 5.74) is 0.553. The molecule has 0 fully saturated rings. The van der Waals surface area contributed by atoms with Gasteiger partial charge in [-0.05, 0) is 18.2 Å². The Bertz CT molecular complexity index is 731. The minimum absolute atomic E-state index is 0.00741. The zero-order valence-corrected chi connectivity index (χ0v) is 12.3. The summed E-state index contributed by atoms with van der Waals surface area (Å²) < 4.78 is 36.9. The van der Waals surface area contributed by atoms with Crippen molar-refractivity contribution in [3.8, 4) is 0 Å².